The molecule has 0 bridgehead atoms. The van der Waals surface area contributed by atoms with Crippen molar-refractivity contribution in [1.29, 1.82) is 0 Å². The fraction of sp³-hybridized carbons (Fsp3) is 1.00. The maximum Gasteiger partial charge on any atom is 0.529 e. The van der Waals surface area contributed by atoms with Crippen LogP contribution in [0.4, 0.5) is 0 Å². The lowest BCUT2D eigenvalue weighted by atomic mass is 10.0. The summed E-state index contributed by atoms with van der Waals surface area (Å²) >= 11 is 1.42. The summed E-state index contributed by atoms with van der Waals surface area (Å²) in [6, 6.07) is 0. The summed E-state index contributed by atoms with van der Waals surface area (Å²) in [7, 11) is 0. The van der Waals surface area contributed by atoms with Gasteiger partial charge in [-0.25, -0.2) is 0 Å². The van der Waals surface area contributed by atoms with Gasteiger partial charge in [0.05, 0.1) is 6.10 Å². The van der Waals surface area contributed by atoms with Crippen molar-refractivity contribution >= 4 is 32.5 Å². The van der Waals surface area contributed by atoms with Crippen LogP contribution in [-0.4, -0.2) is 59.2 Å². The highest BCUT2D eigenvalue weighted by molar-refractivity contribution is 14.1. The number of hydrogen-bond acceptors (Lipinski definition) is 6. The van der Waals surface area contributed by atoms with Gasteiger partial charge in [-0.2, -0.15) is 20.3 Å². The Hall–Kier alpha value is 1.02. The van der Waals surface area contributed by atoms with Crippen LogP contribution in [0.15, 0.2) is 0 Å². The van der Waals surface area contributed by atoms with Crippen LogP contribution in [-0.2, 0) is 18.0 Å². The van der Waals surface area contributed by atoms with Crippen molar-refractivity contribution in [3.05, 3.63) is 0 Å². The highest BCUT2D eigenvalue weighted by Gasteiger charge is 2.54. The second kappa shape index (κ2) is 4.95. The van der Waals surface area contributed by atoms with E-state index in [0.717, 1.165) is 0 Å². The first-order valence-corrected chi connectivity index (χ1v) is 10.7. The van der Waals surface area contributed by atoms with Gasteiger partial charge in [0, 0.05) is 6.92 Å². The first-order valence-electron chi connectivity index (χ1n) is 5.04. The van der Waals surface area contributed by atoms with Gasteiger partial charge in [0.15, 0.2) is 6.29 Å². The number of rotatable bonds is 2. The van der Waals surface area contributed by atoms with Gasteiger partial charge in [-0.05, 0) is 6.92 Å². The average Bonchev–Trinajstić information content (AvgIpc) is 2.52. The third-order valence-electron chi connectivity index (χ3n) is 2.78. The van der Waals surface area contributed by atoms with E-state index in [1.54, 1.807) is 13.8 Å². The van der Waals surface area contributed by atoms with E-state index < -0.39 is 48.9 Å². The first kappa shape index (κ1) is 13.5. The van der Waals surface area contributed by atoms with Crippen LogP contribution in [0.3, 0.4) is 0 Å². The number of hydrogen-bond donors (Lipinski definition) is 2. The van der Waals surface area contributed by atoms with Crippen molar-refractivity contribution in [2.75, 3.05) is 0 Å². The van der Waals surface area contributed by atoms with Crippen LogP contribution >= 0.6 is 20.3 Å². The molecule has 3 unspecified atom stereocenters. The van der Waals surface area contributed by atoms with E-state index in [9.17, 15) is 10.2 Å². The Morgan fingerprint density at radius 1 is 1.31 bits per heavy atom. The highest BCUT2D eigenvalue weighted by atomic mass is 127. The standard InChI is InChI=1S/C8H13O6.Al.HI.H/c1-3-4(9)5(10)6-7(12-3)14-8(2,11)13-6;;;/h3-7,9-10H,1-2H3;;1H;/q-1;+2;;/p-1/t3?,4-,5-,6?,7+,8?;;;/m0.../s1. The van der Waals surface area contributed by atoms with E-state index in [0.29, 0.717) is 0 Å². The van der Waals surface area contributed by atoms with Crippen molar-refractivity contribution in [2.24, 2.45) is 0 Å². The number of aliphatic hydroxyl groups is 2. The molecular formula is C8H14AlIO6. The highest BCUT2D eigenvalue weighted by Crippen LogP contribution is 2.36. The molecule has 6 nitrogen and oxygen atoms in total. The number of ether oxygens (including phenoxy) is 3. The minimum Gasteiger partial charge on any atom is -0.447 e. The lowest BCUT2D eigenvalue weighted by molar-refractivity contribution is -0.304. The molecule has 16 heavy (non-hydrogen) atoms. The zero-order chi connectivity index (χ0) is 11.9. The Morgan fingerprint density at radius 2 is 2.00 bits per heavy atom. The van der Waals surface area contributed by atoms with Gasteiger partial charge < -0.3 is 23.5 Å². The summed E-state index contributed by atoms with van der Waals surface area (Å²) in [6.45, 7) is 3.32. The number of fused-ring (bicyclic) bond motifs is 1. The third kappa shape index (κ3) is 2.41. The predicted molar refractivity (Wildman–Crippen MR) is 63.0 cm³/mol. The summed E-state index contributed by atoms with van der Waals surface area (Å²) in [5.41, 5.74) is 0. The van der Waals surface area contributed by atoms with Crippen molar-refractivity contribution in [3.63, 3.8) is 0 Å². The lowest BCUT2D eigenvalue weighted by Crippen LogP contribution is -2.55. The molecule has 2 fully saturated rings. The van der Waals surface area contributed by atoms with Crippen molar-refractivity contribution in [3.8, 4) is 0 Å². The van der Waals surface area contributed by atoms with E-state index in [-0.39, 0.29) is 0 Å². The second-order valence-corrected chi connectivity index (χ2v) is 6.38. The molecule has 0 spiro atoms. The van der Waals surface area contributed by atoms with Gasteiger partial charge in [-0.15, -0.1) is 0 Å². The molecule has 2 aliphatic heterocycles. The minimum absolute atomic E-state index is 0.487. The van der Waals surface area contributed by atoms with Gasteiger partial charge in [-0.1, -0.05) is 0 Å². The fourth-order valence-electron chi connectivity index (χ4n) is 1.88. The zero-order valence-corrected chi connectivity index (χ0v) is 12.6. The molecule has 2 aliphatic rings. The molecule has 0 aromatic heterocycles. The Labute approximate surface area is 111 Å². The molecule has 2 heterocycles. The molecule has 2 rings (SSSR count). The largest absolute Gasteiger partial charge is 0.529 e. The van der Waals surface area contributed by atoms with Gasteiger partial charge >= 0.3 is 12.3 Å². The number of aliphatic hydroxyl groups excluding tert-OH is 2. The molecule has 2 saturated heterocycles. The first-order chi connectivity index (χ1) is 7.47. The van der Waals surface area contributed by atoms with E-state index in [2.05, 4.69) is 20.3 Å². The van der Waals surface area contributed by atoms with Crippen LogP contribution in [0.1, 0.15) is 13.8 Å². The topological polar surface area (TPSA) is 77.4 Å². The van der Waals surface area contributed by atoms with Crippen molar-refractivity contribution < 1.29 is 28.2 Å². The van der Waals surface area contributed by atoms with Crippen molar-refractivity contribution in [2.45, 2.75) is 50.5 Å². The minimum atomic E-state index is -1.16. The van der Waals surface area contributed by atoms with E-state index in [4.69, 9.17) is 18.0 Å². The third-order valence-corrected chi connectivity index (χ3v) is 4.35. The van der Waals surface area contributed by atoms with Crippen LogP contribution in [0, 0.1) is 0 Å². The number of halogens is 1. The maximum absolute atomic E-state index is 9.84. The smallest absolute Gasteiger partial charge is 0.447 e. The maximum atomic E-state index is 9.84. The van der Waals surface area contributed by atoms with Crippen molar-refractivity contribution in [1.82, 2.24) is 0 Å². The zero-order valence-electron chi connectivity index (χ0n) is 9.00. The molecule has 0 saturated carbocycles. The Balaban J connectivity index is 2.09. The van der Waals surface area contributed by atoms with Crippen LogP contribution in [0.5, 0.6) is 0 Å². The molecule has 92 valence electrons. The Kier molecular flexibility index (Phi) is 4.16. The summed E-state index contributed by atoms with van der Waals surface area (Å²) in [5.74, 6) is -1.16. The monoisotopic (exact) mass is 360 g/mol. The van der Waals surface area contributed by atoms with Crippen LogP contribution in [0.25, 0.3) is 0 Å². The SMILES string of the molecule is CC1O[C@@H]2OC(C)([O][AlH][I])OC2[C@@H](O)[C@H]1O. The van der Waals surface area contributed by atoms with Gasteiger partial charge in [0.1, 0.15) is 18.3 Å². The molecule has 0 radical (unpaired) electrons. The predicted octanol–water partition coefficient (Wildman–Crippen LogP) is -0.740. The summed E-state index contributed by atoms with van der Waals surface area (Å²) in [5, 5.41) is 19.5. The lowest BCUT2D eigenvalue weighted by Gasteiger charge is -2.35. The molecular weight excluding hydrogens is 346 g/mol. The van der Waals surface area contributed by atoms with Gasteiger partial charge in [-0.3, -0.25) is 4.74 Å². The Bertz CT molecular complexity index is 269. The Morgan fingerprint density at radius 3 is 2.62 bits per heavy atom. The second-order valence-electron chi connectivity index (χ2n) is 4.01. The van der Waals surface area contributed by atoms with E-state index in [1.165, 1.54) is 0 Å². The molecule has 0 aliphatic carbocycles. The normalized spacial score (nSPS) is 52.4. The molecule has 0 aromatic rings. The van der Waals surface area contributed by atoms with E-state index >= 15 is 0 Å². The van der Waals surface area contributed by atoms with Crippen LogP contribution < -0.4 is 0 Å². The fourth-order valence-corrected chi connectivity index (χ4v) is 3.91. The molecule has 2 N–H and O–H groups in total. The van der Waals surface area contributed by atoms with E-state index in [1.807, 2.05) is 0 Å². The van der Waals surface area contributed by atoms with Gasteiger partial charge in [0.25, 0.3) is 5.97 Å². The quantitative estimate of drug-likeness (QED) is 0.499. The molecule has 6 atom stereocenters. The average molecular weight is 360 g/mol. The summed E-state index contributed by atoms with van der Waals surface area (Å²) in [4.78, 5) is 0. The molecule has 0 aromatic carbocycles. The summed E-state index contributed by atoms with van der Waals surface area (Å²) < 4.78 is 21.8. The summed E-state index contributed by atoms with van der Waals surface area (Å²) in [6.07, 6.45) is -3.86. The molecule has 8 heteroatoms. The molecule has 0 amide bonds. The van der Waals surface area contributed by atoms with Crippen LogP contribution in [0.2, 0.25) is 0 Å². The van der Waals surface area contributed by atoms with Gasteiger partial charge in [0.2, 0.25) is 0 Å².